The van der Waals surface area contributed by atoms with Crippen LogP contribution in [0.15, 0.2) is 24.3 Å². The molecule has 0 aliphatic carbocycles. The molecular weight excluding hydrogens is 275 g/mol. The maximum Gasteiger partial charge on any atom is 0.265 e. The van der Waals surface area contributed by atoms with Crippen molar-refractivity contribution in [1.29, 1.82) is 0 Å². The van der Waals surface area contributed by atoms with Crippen molar-refractivity contribution in [2.24, 2.45) is 0 Å². The van der Waals surface area contributed by atoms with Crippen LogP contribution in [0.1, 0.15) is 14.5 Å². The van der Waals surface area contributed by atoms with Crippen molar-refractivity contribution in [3.8, 4) is 0 Å². The molecule has 0 fully saturated rings. The van der Waals surface area contributed by atoms with Gasteiger partial charge in [-0.25, -0.2) is 4.39 Å². The van der Waals surface area contributed by atoms with Crippen LogP contribution in [0, 0.1) is 12.7 Å². The molecule has 0 saturated heterocycles. The predicted octanol–water partition coefficient (Wildman–Crippen LogP) is 3.68. The summed E-state index contributed by atoms with van der Waals surface area (Å²) in [6.07, 6.45) is 0. The Labute approximate surface area is 112 Å². The number of carbonyl (C=O) groups excluding carboxylic acids is 1. The molecule has 0 saturated carbocycles. The van der Waals surface area contributed by atoms with Gasteiger partial charge in [0.05, 0.1) is 15.6 Å². The fraction of sp³-hybridized carbons (Fsp3) is 0.0833. The largest absolute Gasteiger partial charge is 0.398 e. The lowest BCUT2D eigenvalue weighted by atomic mass is 10.3. The number of rotatable bonds is 2. The van der Waals surface area contributed by atoms with Crippen LogP contribution in [-0.4, -0.2) is 5.91 Å². The molecule has 2 aromatic rings. The quantitative estimate of drug-likeness (QED) is 0.884. The molecule has 0 radical (unpaired) electrons. The molecular formula is C12H10ClFN2OS. The lowest BCUT2D eigenvalue weighted by molar-refractivity contribution is 0.103. The van der Waals surface area contributed by atoms with Crippen LogP contribution in [0.3, 0.4) is 0 Å². The number of hydrogen-bond donors (Lipinski definition) is 2. The summed E-state index contributed by atoms with van der Waals surface area (Å²) in [6, 6.07) is 5.77. The molecule has 0 atom stereocenters. The molecule has 18 heavy (non-hydrogen) atoms. The minimum Gasteiger partial charge on any atom is -0.398 e. The third-order valence-corrected chi connectivity index (χ3v) is 3.76. The predicted molar refractivity (Wildman–Crippen MR) is 72.8 cm³/mol. The maximum absolute atomic E-state index is 13.5. The molecule has 6 heteroatoms. The number of nitrogens with one attached hydrogen (secondary N) is 1. The lowest BCUT2D eigenvalue weighted by Crippen LogP contribution is -2.11. The average molecular weight is 285 g/mol. The van der Waals surface area contributed by atoms with E-state index in [4.69, 9.17) is 17.3 Å². The monoisotopic (exact) mass is 284 g/mol. The second-order valence-corrected chi connectivity index (χ2v) is 5.34. The summed E-state index contributed by atoms with van der Waals surface area (Å²) in [6.45, 7) is 1.81. The van der Waals surface area contributed by atoms with Crippen LogP contribution in [0.4, 0.5) is 15.8 Å². The molecule has 1 amide bonds. The van der Waals surface area contributed by atoms with Gasteiger partial charge in [-0.1, -0.05) is 17.7 Å². The molecule has 3 nitrogen and oxygen atoms in total. The third kappa shape index (κ3) is 2.47. The van der Waals surface area contributed by atoms with Gasteiger partial charge in [0.2, 0.25) is 0 Å². The number of carbonyl (C=O) groups is 1. The van der Waals surface area contributed by atoms with Gasteiger partial charge in [-0.05, 0) is 25.1 Å². The third-order valence-electron chi connectivity index (χ3n) is 2.38. The Morgan fingerprint density at radius 3 is 2.78 bits per heavy atom. The number of hydrogen-bond acceptors (Lipinski definition) is 3. The molecule has 1 aromatic heterocycles. The number of nitrogen functional groups attached to an aromatic ring is 1. The topological polar surface area (TPSA) is 55.1 Å². The van der Waals surface area contributed by atoms with Gasteiger partial charge < -0.3 is 11.1 Å². The first kappa shape index (κ1) is 12.9. The van der Waals surface area contributed by atoms with Crippen LogP contribution in [0.2, 0.25) is 5.02 Å². The van der Waals surface area contributed by atoms with E-state index in [9.17, 15) is 9.18 Å². The van der Waals surface area contributed by atoms with E-state index in [0.29, 0.717) is 10.6 Å². The number of benzene rings is 1. The van der Waals surface area contributed by atoms with E-state index in [1.165, 1.54) is 29.5 Å². The number of halogens is 2. The molecule has 2 rings (SSSR count). The molecule has 94 valence electrons. The van der Waals surface area contributed by atoms with Crippen molar-refractivity contribution in [2.75, 3.05) is 11.1 Å². The SMILES string of the molecule is Cc1sc(C(=O)Nc2c(F)cccc2Cl)cc1N. The first-order valence-corrected chi connectivity index (χ1v) is 6.29. The fourth-order valence-electron chi connectivity index (χ4n) is 1.40. The van der Waals surface area contributed by atoms with Crippen LogP contribution < -0.4 is 11.1 Å². The molecule has 0 aliphatic heterocycles. The summed E-state index contributed by atoms with van der Waals surface area (Å²) in [5.74, 6) is -0.996. The van der Waals surface area contributed by atoms with Crippen molar-refractivity contribution in [2.45, 2.75) is 6.92 Å². The number of nitrogens with two attached hydrogens (primary N) is 1. The van der Waals surface area contributed by atoms with E-state index in [0.717, 1.165) is 4.88 Å². The second-order valence-electron chi connectivity index (χ2n) is 3.67. The molecule has 1 heterocycles. The molecule has 3 N–H and O–H groups in total. The first-order valence-electron chi connectivity index (χ1n) is 5.10. The Bertz CT molecular complexity index is 572. The van der Waals surface area contributed by atoms with Gasteiger partial charge in [-0.2, -0.15) is 0 Å². The average Bonchev–Trinajstić information content (AvgIpc) is 2.64. The first-order chi connectivity index (χ1) is 8.49. The summed E-state index contributed by atoms with van der Waals surface area (Å²) in [4.78, 5) is 13.2. The van der Waals surface area contributed by atoms with Gasteiger partial charge in [0.15, 0.2) is 0 Å². The van der Waals surface area contributed by atoms with Gasteiger partial charge in [-0.15, -0.1) is 11.3 Å². The van der Waals surface area contributed by atoms with Gasteiger partial charge in [0, 0.05) is 10.6 Å². The number of para-hydroxylation sites is 1. The minimum atomic E-state index is -0.572. The zero-order chi connectivity index (χ0) is 13.3. The van der Waals surface area contributed by atoms with Crippen LogP contribution in [0.5, 0.6) is 0 Å². The van der Waals surface area contributed by atoms with Crippen molar-refractivity contribution in [3.63, 3.8) is 0 Å². The molecule has 1 aromatic carbocycles. The van der Waals surface area contributed by atoms with Gasteiger partial charge in [-0.3, -0.25) is 4.79 Å². The standard InChI is InChI=1S/C12H10ClFN2OS/c1-6-9(15)5-10(18-6)12(17)16-11-7(13)3-2-4-8(11)14/h2-5H,15H2,1H3,(H,16,17). The second kappa shape index (κ2) is 4.96. The van der Waals surface area contributed by atoms with Crippen LogP contribution in [-0.2, 0) is 0 Å². The summed E-state index contributed by atoms with van der Waals surface area (Å²) in [5, 5.41) is 2.60. The van der Waals surface area contributed by atoms with Crippen LogP contribution >= 0.6 is 22.9 Å². The van der Waals surface area contributed by atoms with E-state index in [1.807, 2.05) is 6.92 Å². The summed E-state index contributed by atoms with van der Waals surface area (Å²) >= 11 is 7.07. The van der Waals surface area contributed by atoms with E-state index in [-0.39, 0.29) is 10.7 Å². The lowest BCUT2D eigenvalue weighted by Gasteiger charge is -2.06. The highest BCUT2D eigenvalue weighted by molar-refractivity contribution is 7.14. The summed E-state index contributed by atoms with van der Waals surface area (Å²) in [7, 11) is 0. The van der Waals surface area contributed by atoms with Crippen molar-refractivity contribution in [1.82, 2.24) is 0 Å². The Kier molecular flexibility index (Phi) is 3.54. The van der Waals surface area contributed by atoms with Crippen molar-refractivity contribution < 1.29 is 9.18 Å². The van der Waals surface area contributed by atoms with Crippen molar-refractivity contribution >= 4 is 40.2 Å². The molecule has 0 spiro atoms. The Hall–Kier alpha value is -1.59. The fourth-order valence-corrected chi connectivity index (χ4v) is 2.45. The van der Waals surface area contributed by atoms with E-state index in [1.54, 1.807) is 6.07 Å². The van der Waals surface area contributed by atoms with Gasteiger partial charge in [0.1, 0.15) is 5.82 Å². The molecule has 0 bridgehead atoms. The number of anilines is 2. The van der Waals surface area contributed by atoms with E-state index in [2.05, 4.69) is 5.32 Å². The van der Waals surface area contributed by atoms with Gasteiger partial charge in [0.25, 0.3) is 5.91 Å². The summed E-state index contributed by atoms with van der Waals surface area (Å²) in [5.41, 5.74) is 6.19. The highest BCUT2D eigenvalue weighted by Crippen LogP contribution is 2.28. The number of aryl methyl sites for hydroxylation is 1. The summed E-state index contributed by atoms with van der Waals surface area (Å²) < 4.78 is 13.5. The Balaban J connectivity index is 2.27. The Morgan fingerprint density at radius 1 is 1.50 bits per heavy atom. The van der Waals surface area contributed by atoms with E-state index < -0.39 is 11.7 Å². The molecule has 0 aliphatic rings. The number of amides is 1. The number of thiophene rings is 1. The van der Waals surface area contributed by atoms with Gasteiger partial charge >= 0.3 is 0 Å². The van der Waals surface area contributed by atoms with Crippen LogP contribution in [0.25, 0.3) is 0 Å². The maximum atomic E-state index is 13.5. The highest BCUT2D eigenvalue weighted by Gasteiger charge is 2.15. The smallest absolute Gasteiger partial charge is 0.265 e. The highest BCUT2D eigenvalue weighted by atomic mass is 35.5. The Morgan fingerprint density at radius 2 is 2.22 bits per heavy atom. The van der Waals surface area contributed by atoms with Crippen molar-refractivity contribution in [3.05, 3.63) is 44.9 Å². The zero-order valence-electron chi connectivity index (χ0n) is 9.46. The zero-order valence-corrected chi connectivity index (χ0v) is 11.0. The minimum absolute atomic E-state index is 0.0196. The normalized spacial score (nSPS) is 10.4. The molecule has 0 unspecified atom stereocenters. The van der Waals surface area contributed by atoms with E-state index >= 15 is 0 Å².